The van der Waals surface area contributed by atoms with E-state index in [1.165, 1.54) is 11.6 Å². The summed E-state index contributed by atoms with van der Waals surface area (Å²) in [6.07, 6.45) is 3.23. The molecule has 0 spiro atoms. The molecule has 124 valence electrons. The van der Waals surface area contributed by atoms with Crippen molar-refractivity contribution in [1.29, 1.82) is 0 Å². The molecule has 8 heteroatoms. The normalized spacial score (nSPS) is 11.0. The molecule has 3 aromatic rings. The Bertz CT molecular complexity index is 1060. The zero-order valence-electron chi connectivity index (χ0n) is 13.6. The van der Waals surface area contributed by atoms with E-state index in [4.69, 9.17) is 0 Å². The van der Waals surface area contributed by atoms with Crippen LogP contribution in [0.4, 0.5) is 5.82 Å². The molecule has 0 bridgehead atoms. The molecule has 3 heterocycles. The Morgan fingerprint density at radius 2 is 1.96 bits per heavy atom. The van der Waals surface area contributed by atoms with Gasteiger partial charge in [0.25, 0.3) is 5.56 Å². The fourth-order valence-corrected chi connectivity index (χ4v) is 2.66. The van der Waals surface area contributed by atoms with Crippen LogP contribution in [0.5, 0.6) is 0 Å². The van der Waals surface area contributed by atoms with Gasteiger partial charge in [0.05, 0.1) is 5.39 Å². The van der Waals surface area contributed by atoms with Crippen LogP contribution < -0.4 is 16.6 Å². The highest BCUT2D eigenvalue weighted by atomic mass is 16.2. The molecule has 0 aliphatic heterocycles. The van der Waals surface area contributed by atoms with E-state index in [1.54, 1.807) is 36.1 Å². The molecule has 1 amide bonds. The van der Waals surface area contributed by atoms with Crippen molar-refractivity contribution in [2.75, 3.05) is 5.32 Å². The molecular weight excluding hydrogens is 310 g/mol. The highest BCUT2D eigenvalue weighted by Gasteiger charge is 2.14. The third-order valence-corrected chi connectivity index (χ3v) is 3.86. The first-order chi connectivity index (χ1) is 11.4. The Labute approximate surface area is 137 Å². The number of hydrogen-bond acceptors (Lipinski definition) is 4. The van der Waals surface area contributed by atoms with Crippen molar-refractivity contribution in [2.24, 2.45) is 14.1 Å². The van der Waals surface area contributed by atoms with Crippen molar-refractivity contribution in [1.82, 2.24) is 18.7 Å². The summed E-state index contributed by atoms with van der Waals surface area (Å²) in [5.41, 5.74) is 0.578. The van der Waals surface area contributed by atoms with Gasteiger partial charge in [-0.25, -0.2) is 9.78 Å². The first-order valence-electron chi connectivity index (χ1n) is 7.36. The quantitative estimate of drug-likeness (QED) is 0.753. The van der Waals surface area contributed by atoms with E-state index in [0.717, 1.165) is 10.1 Å². The number of nitrogens with zero attached hydrogens (tertiary/aromatic N) is 4. The summed E-state index contributed by atoms with van der Waals surface area (Å²) in [5.74, 6) is 0.167. The number of carbonyl (C=O) groups excluding carboxylic acids is 1. The number of amides is 1. The van der Waals surface area contributed by atoms with Crippen LogP contribution in [0.25, 0.3) is 11.0 Å². The van der Waals surface area contributed by atoms with E-state index in [1.807, 2.05) is 13.0 Å². The minimum atomic E-state index is -0.437. The summed E-state index contributed by atoms with van der Waals surface area (Å²) in [6, 6.07) is 5.20. The van der Waals surface area contributed by atoms with E-state index in [9.17, 15) is 14.4 Å². The topological polar surface area (TPSA) is 90.9 Å². The third-order valence-electron chi connectivity index (χ3n) is 3.86. The monoisotopic (exact) mass is 327 g/mol. The summed E-state index contributed by atoms with van der Waals surface area (Å²) in [6.45, 7) is 1.88. The van der Waals surface area contributed by atoms with Crippen LogP contribution in [-0.2, 0) is 25.4 Å². The molecule has 0 atom stereocenters. The number of anilines is 1. The Balaban J connectivity index is 1.95. The molecule has 0 aliphatic carbocycles. The van der Waals surface area contributed by atoms with Gasteiger partial charge < -0.3 is 9.88 Å². The molecule has 3 rings (SSSR count). The van der Waals surface area contributed by atoms with Gasteiger partial charge in [-0.05, 0) is 30.7 Å². The second kappa shape index (κ2) is 5.80. The average molecular weight is 327 g/mol. The van der Waals surface area contributed by atoms with Crippen LogP contribution in [0, 0.1) is 6.92 Å². The van der Waals surface area contributed by atoms with Crippen LogP contribution >= 0.6 is 0 Å². The van der Waals surface area contributed by atoms with Crippen molar-refractivity contribution >= 4 is 22.8 Å². The number of nitrogens with one attached hydrogen (secondary N) is 1. The van der Waals surface area contributed by atoms with Gasteiger partial charge in [0.15, 0.2) is 0 Å². The number of rotatable bonds is 3. The number of carbonyl (C=O) groups is 1. The summed E-state index contributed by atoms with van der Waals surface area (Å²) in [4.78, 5) is 40.5. The fraction of sp³-hybridized carbons (Fsp3) is 0.250. The lowest BCUT2D eigenvalue weighted by Crippen LogP contribution is -2.37. The summed E-state index contributed by atoms with van der Waals surface area (Å²) in [5, 5.41) is 3.09. The fourth-order valence-electron chi connectivity index (χ4n) is 2.66. The standard InChI is InChI=1S/C16H17N5O3/c1-10-4-6-17-12(8-10)18-13(22)9-21-7-5-11-14(21)19(2)16(24)20(3)15(11)23/h4-8H,9H2,1-3H3,(H,17,18,22). The molecule has 0 aromatic carbocycles. The first kappa shape index (κ1) is 15.7. The van der Waals surface area contributed by atoms with E-state index in [2.05, 4.69) is 10.3 Å². The molecule has 0 aliphatic rings. The second-order valence-electron chi connectivity index (χ2n) is 5.65. The van der Waals surface area contributed by atoms with Crippen LogP contribution in [0.3, 0.4) is 0 Å². The maximum absolute atomic E-state index is 12.2. The zero-order chi connectivity index (χ0) is 17.4. The lowest BCUT2D eigenvalue weighted by Gasteiger charge is -2.10. The van der Waals surface area contributed by atoms with Crippen molar-refractivity contribution in [2.45, 2.75) is 13.5 Å². The summed E-state index contributed by atoms with van der Waals surface area (Å²) in [7, 11) is 3.00. The lowest BCUT2D eigenvalue weighted by molar-refractivity contribution is -0.116. The molecule has 1 N–H and O–H groups in total. The first-order valence-corrected chi connectivity index (χ1v) is 7.36. The molecule has 0 fully saturated rings. The van der Waals surface area contributed by atoms with Gasteiger partial charge in [0.2, 0.25) is 5.91 Å². The van der Waals surface area contributed by atoms with Crippen molar-refractivity contribution in [3.8, 4) is 0 Å². The van der Waals surface area contributed by atoms with E-state index in [-0.39, 0.29) is 18.0 Å². The maximum Gasteiger partial charge on any atom is 0.332 e. The Morgan fingerprint density at radius 1 is 1.21 bits per heavy atom. The number of pyridine rings is 1. The van der Waals surface area contributed by atoms with E-state index >= 15 is 0 Å². The van der Waals surface area contributed by atoms with Crippen molar-refractivity contribution < 1.29 is 4.79 Å². The van der Waals surface area contributed by atoms with Gasteiger partial charge in [-0.2, -0.15) is 0 Å². The Kier molecular flexibility index (Phi) is 3.80. The molecule has 3 aromatic heterocycles. The highest BCUT2D eigenvalue weighted by Crippen LogP contribution is 2.10. The van der Waals surface area contributed by atoms with Crippen LogP contribution in [0.1, 0.15) is 5.56 Å². The molecule has 0 unspecified atom stereocenters. The SMILES string of the molecule is Cc1ccnc(NC(=O)Cn2ccc3c(=O)n(C)c(=O)n(C)c32)c1. The van der Waals surface area contributed by atoms with Gasteiger partial charge in [-0.15, -0.1) is 0 Å². The minimum Gasteiger partial charge on any atom is -0.324 e. The number of aromatic nitrogens is 4. The van der Waals surface area contributed by atoms with Crippen LogP contribution in [0.2, 0.25) is 0 Å². The van der Waals surface area contributed by atoms with Crippen molar-refractivity contribution in [3.63, 3.8) is 0 Å². The predicted molar refractivity (Wildman–Crippen MR) is 90.0 cm³/mol. The van der Waals surface area contributed by atoms with Crippen LogP contribution in [0.15, 0.2) is 40.2 Å². The predicted octanol–water partition coefficient (Wildman–Crippen LogP) is 0.381. The average Bonchev–Trinajstić information content (AvgIpc) is 2.94. The summed E-state index contributed by atoms with van der Waals surface area (Å²) < 4.78 is 3.97. The largest absolute Gasteiger partial charge is 0.332 e. The number of aryl methyl sites for hydroxylation is 2. The van der Waals surface area contributed by atoms with Gasteiger partial charge in [0, 0.05) is 26.5 Å². The van der Waals surface area contributed by atoms with Gasteiger partial charge in [0.1, 0.15) is 18.0 Å². The number of fused-ring (bicyclic) bond motifs is 1. The molecule has 24 heavy (non-hydrogen) atoms. The molecule has 0 saturated heterocycles. The Morgan fingerprint density at radius 3 is 2.67 bits per heavy atom. The third kappa shape index (κ3) is 2.62. The van der Waals surface area contributed by atoms with Crippen LogP contribution in [-0.4, -0.2) is 24.6 Å². The molecule has 0 radical (unpaired) electrons. The van der Waals surface area contributed by atoms with Gasteiger partial charge >= 0.3 is 5.69 Å². The minimum absolute atomic E-state index is 0.0282. The molecule has 8 nitrogen and oxygen atoms in total. The molecular formula is C16H17N5O3. The highest BCUT2D eigenvalue weighted by molar-refractivity contribution is 5.90. The zero-order valence-corrected chi connectivity index (χ0v) is 13.6. The van der Waals surface area contributed by atoms with Gasteiger partial charge in [-0.1, -0.05) is 0 Å². The van der Waals surface area contributed by atoms with Crippen molar-refractivity contribution in [3.05, 3.63) is 57.0 Å². The lowest BCUT2D eigenvalue weighted by atomic mass is 10.3. The number of hydrogen-bond donors (Lipinski definition) is 1. The van der Waals surface area contributed by atoms with E-state index in [0.29, 0.717) is 16.9 Å². The summed E-state index contributed by atoms with van der Waals surface area (Å²) >= 11 is 0. The second-order valence-corrected chi connectivity index (χ2v) is 5.65. The smallest absolute Gasteiger partial charge is 0.324 e. The Hall–Kier alpha value is -3.16. The van der Waals surface area contributed by atoms with E-state index < -0.39 is 5.69 Å². The maximum atomic E-state index is 12.2. The molecule has 0 saturated carbocycles. The van der Waals surface area contributed by atoms with Gasteiger partial charge in [-0.3, -0.25) is 18.7 Å².